The van der Waals surface area contributed by atoms with Crippen molar-refractivity contribution in [2.45, 2.75) is 64.4 Å². The van der Waals surface area contributed by atoms with Gasteiger partial charge in [-0.25, -0.2) is 0 Å². The second-order valence-electron chi connectivity index (χ2n) is 4.21. The number of ether oxygens (including phenoxy) is 1. The lowest BCUT2D eigenvalue weighted by Gasteiger charge is -2.37. The number of alkyl halides is 1. The molecular formula is C12H27IOSi. The van der Waals surface area contributed by atoms with Gasteiger partial charge in [0, 0.05) is 12.3 Å². The molecule has 0 N–H and O–H groups in total. The van der Waals surface area contributed by atoms with Crippen LogP contribution < -0.4 is 0 Å². The first-order valence-electron chi connectivity index (χ1n) is 6.38. The highest BCUT2D eigenvalue weighted by atomic mass is 127. The van der Waals surface area contributed by atoms with Crippen LogP contribution in [0.4, 0.5) is 0 Å². The minimum absolute atomic E-state index is 0.598. The Morgan fingerprint density at radius 1 is 1.13 bits per heavy atom. The molecule has 0 aromatic heterocycles. The Morgan fingerprint density at radius 2 is 1.73 bits per heavy atom. The minimum atomic E-state index is -1.14. The van der Waals surface area contributed by atoms with E-state index < -0.39 is 8.07 Å². The van der Waals surface area contributed by atoms with Crippen molar-refractivity contribution >= 4 is 30.7 Å². The Balaban J connectivity index is 4.54. The van der Waals surface area contributed by atoms with Crippen LogP contribution in [-0.2, 0) is 4.74 Å². The van der Waals surface area contributed by atoms with E-state index in [1.54, 1.807) is 0 Å². The van der Waals surface area contributed by atoms with Crippen LogP contribution >= 0.6 is 22.6 Å². The van der Waals surface area contributed by atoms with Crippen LogP contribution in [0.3, 0.4) is 0 Å². The zero-order valence-electron chi connectivity index (χ0n) is 10.8. The molecule has 3 heteroatoms. The van der Waals surface area contributed by atoms with Crippen molar-refractivity contribution in [2.24, 2.45) is 0 Å². The van der Waals surface area contributed by atoms with Gasteiger partial charge in [0.15, 0.2) is 0 Å². The lowest BCUT2D eigenvalue weighted by atomic mass is 10.5. The Morgan fingerprint density at radius 3 is 2.07 bits per heavy atom. The largest absolute Gasteiger partial charge is 0.382 e. The highest BCUT2D eigenvalue weighted by Crippen LogP contribution is 2.30. The lowest BCUT2D eigenvalue weighted by Crippen LogP contribution is -2.47. The molecule has 0 fully saturated rings. The second-order valence-corrected chi connectivity index (χ2v) is 10.6. The van der Waals surface area contributed by atoms with Gasteiger partial charge in [-0.05, 0) is 24.2 Å². The maximum absolute atomic E-state index is 5.99. The fraction of sp³-hybridized carbons (Fsp3) is 1.00. The molecule has 0 aromatic rings. The molecular weight excluding hydrogens is 315 g/mol. The monoisotopic (exact) mass is 342 g/mol. The molecule has 0 aliphatic carbocycles. The molecule has 1 nitrogen and oxygen atoms in total. The third kappa shape index (κ3) is 4.73. The molecule has 0 saturated carbocycles. The van der Waals surface area contributed by atoms with E-state index in [0.717, 1.165) is 6.61 Å². The topological polar surface area (TPSA) is 9.23 Å². The molecule has 0 saturated heterocycles. The maximum Gasteiger partial charge on any atom is 0.0871 e. The third-order valence-electron chi connectivity index (χ3n) is 3.64. The van der Waals surface area contributed by atoms with E-state index in [2.05, 4.69) is 50.3 Å². The van der Waals surface area contributed by atoms with Gasteiger partial charge in [-0.3, -0.25) is 0 Å². The predicted molar refractivity (Wildman–Crippen MR) is 80.7 cm³/mol. The highest BCUT2D eigenvalue weighted by molar-refractivity contribution is 14.1. The van der Waals surface area contributed by atoms with Crippen molar-refractivity contribution in [2.75, 3.05) is 11.0 Å². The van der Waals surface area contributed by atoms with E-state index in [0.29, 0.717) is 5.73 Å². The molecule has 0 radical (unpaired) electrons. The first-order chi connectivity index (χ1) is 7.20. The summed E-state index contributed by atoms with van der Waals surface area (Å²) in [6.45, 7) is 10.1. The van der Waals surface area contributed by atoms with E-state index >= 15 is 0 Å². The summed E-state index contributed by atoms with van der Waals surface area (Å²) in [7, 11) is -1.14. The van der Waals surface area contributed by atoms with Crippen LogP contribution in [-0.4, -0.2) is 24.8 Å². The van der Waals surface area contributed by atoms with E-state index in [-0.39, 0.29) is 0 Å². The molecule has 0 rings (SSSR count). The van der Waals surface area contributed by atoms with Gasteiger partial charge < -0.3 is 4.74 Å². The van der Waals surface area contributed by atoms with E-state index in [9.17, 15) is 0 Å². The van der Waals surface area contributed by atoms with Gasteiger partial charge in [0.2, 0.25) is 0 Å². The van der Waals surface area contributed by atoms with Crippen LogP contribution in [0.5, 0.6) is 0 Å². The summed E-state index contributed by atoms with van der Waals surface area (Å²) in [6, 6.07) is 4.23. The highest BCUT2D eigenvalue weighted by Gasteiger charge is 2.36. The molecule has 0 heterocycles. The summed E-state index contributed by atoms with van der Waals surface area (Å²) in [5.41, 5.74) is 0.598. The van der Waals surface area contributed by atoms with Gasteiger partial charge in [0.1, 0.15) is 0 Å². The fourth-order valence-electron chi connectivity index (χ4n) is 2.57. The van der Waals surface area contributed by atoms with Crippen LogP contribution in [0.2, 0.25) is 18.1 Å². The van der Waals surface area contributed by atoms with E-state index in [1.165, 1.54) is 35.4 Å². The van der Waals surface area contributed by atoms with Gasteiger partial charge in [0.05, 0.1) is 8.07 Å². The van der Waals surface area contributed by atoms with Crippen LogP contribution in [0, 0.1) is 0 Å². The number of hydrogen-bond acceptors (Lipinski definition) is 1. The quantitative estimate of drug-likeness (QED) is 0.337. The number of halogens is 1. The number of hydrogen-bond donors (Lipinski definition) is 0. The zero-order valence-corrected chi connectivity index (χ0v) is 14.0. The molecule has 0 amide bonds. The molecule has 1 unspecified atom stereocenters. The van der Waals surface area contributed by atoms with Crippen molar-refractivity contribution in [3.8, 4) is 0 Å². The van der Waals surface area contributed by atoms with Crippen LogP contribution in [0.15, 0.2) is 0 Å². The summed E-state index contributed by atoms with van der Waals surface area (Å²) in [4.78, 5) is 0. The van der Waals surface area contributed by atoms with Crippen molar-refractivity contribution < 1.29 is 4.74 Å². The van der Waals surface area contributed by atoms with E-state index in [1.807, 2.05) is 0 Å². The first-order valence-corrected chi connectivity index (χ1v) is 10.6. The average Bonchev–Trinajstić information content (AvgIpc) is 2.29. The molecule has 0 aliphatic heterocycles. The first kappa shape index (κ1) is 15.9. The molecule has 0 aromatic carbocycles. The molecule has 15 heavy (non-hydrogen) atoms. The molecule has 0 aliphatic rings. The maximum atomic E-state index is 5.99. The Bertz CT molecular complexity index is 149. The standard InChI is InChI=1S/C12H27IOSi/c1-5-12(14-6-2)15(7-3,8-4)11-9-10-13/h12H,5-11H2,1-4H3. The van der Waals surface area contributed by atoms with Gasteiger partial charge >= 0.3 is 0 Å². The summed E-state index contributed by atoms with van der Waals surface area (Å²) in [5.74, 6) is 0. The fourth-order valence-corrected chi connectivity index (χ4v) is 8.38. The summed E-state index contributed by atoms with van der Waals surface area (Å²) in [6.07, 6.45) is 2.60. The lowest BCUT2D eigenvalue weighted by molar-refractivity contribution is 0.107. The summed E-state index contributed by atoms with van der Waals surface area (Å²) >= 11 is 2.50. The van der Waals surface area contributed by atoms with Crippen LogP contribution in [0.1, 0.15) is 40.5 Å². The zero-order chi connectivity index (χ0) is 11.7. The minimum Gasteiger partial charge on any atom is -0.382 e. The molecule has 0 spiro atoms. The third-order valence-corrected chi connectivity index (χ3v) is 10.5. The van der Waals surface area contributed by atoms with Crippen LogP contribution in [0.25, 0.3) is 0 Å². The predicted octanol–water partition coefficient (Wildman–Crippen LogP) is 4.65. The Kier molecular flexibility index (Phi) is 9.53. The smallest absolute Gasteiger partial charge is 0.0871 e. The SMILES string of the molecule is CCOC(CC)[Si](CC)(CC)CCCI. The van der Waals surface area contributed by atoms with Crippen molar-refractivity contribution in [1.29, 1.82) is 0 Å². The molecule has 1 atom stereocenters. The van der Waals surface area contributed by atoms with Crippen molar-refractivity contribution in [3.05, 3.63) is 0 Å². The van der Waals surface area contributed by atoms with Gasteiger partial charge in [-0.2, -0.15) is 0 Å². The summed E-state index contributed by atoms with van der Waals surface area (Å²) < 4.78 is 7.30. The summed E-state index contributed by atoms with van der Waals surface area (Å²) in [5, 5.41) is 0. The van der Waals surface area contributed by atoms with Gasteiger partial charge in [-0.15, -0.1) is 0 Å². The number of rotatable bonds is 9. The molecule has 92 valence electrons. The Labute approximate surface area is 111 Å². The van der Waals surface area contributed by atoms with Gasteiger partial charge in [0.25, 0.3) is 0 Å². The average molecular weight is 342 g/mol. The Hall–Kier alpha value is 0.907. The molecule has 0 bridgehead atoms. The van der Waals surface area contributed by atoms with Gasteiger partial charge in [-0.1, -0.05) is 61.5 Å². The van der Waals surface area contributed by atoms with E-state index in [4.69, 9.17) is 4.74 Å². The van der Waals surface area contributed by atoms with Crippen molar-refractivity contribution in [1.82, 2.24) is 0 Å². The normalized spacial score (nSPS) is 14.2. The van der Waals surface area contributed by atoms with Crippen molar-refractivity contribution in [3.63, 3.8) is 0 Å². The second kappa shape index (κ2) is 8.99.